The number of rotatable bonds is 0. The van der Waals surface area contributed by atoms with Crippen LogP contribution in [-0.2, 0) is 4.43 Å². The minimum atomic E-state index is -0.684. The Bertz CT molecular complexity index is 44.9. The van der Waals surface area contributed by atoms with Crippen LogP contribution in [0.25, 0.3) is 0 Å². The second-order valence-electron chi connectivity index (χ2n) is 0.523. The van der Waals surface area contributed by atoms with Crippen LogP contribution >= 0.6 is 0 Å². The molecule has 5 heavy (non-hydrogen) atoms. The molecule has 26 valence electrons. The van der Waals surface area contributed by atoms with Gasteiger partial charge in [-0.25, -0.2) is 0 Å². The number of carbonyl (C=O) groups is 1. The fraction of sp³-hybridized carbons (Fsp3) is 0. The minimum absolute atomic E-state index is 0.399. The summed E-state index contributed by atoms with van der Waals surface area (Å²) in [5, 5.41) is 0. The first-order valence-electron chi connectivity index (χ1n) is 1.11. The maximum Gasteiger partial charge on any atom is 0.228 e. The number of hydrogen-bond acceptors (Lipinski definition) is 2. The van der Waals surface area contributed by atoms with E-state index in [-0.39, 0.29) is 0 Å². The van der Waals surface area contributed by atoms with Gasteiger partial charge in [-0.15, -0.1) is 0 Å². The molecular formula is CH3BO2Si. The summed E-state index contributed by atoms with van der Waals surface area (Å²) < 4.78 is 4.03. The second-order valence-corrected chi connectivity index (χ2v) is 0.931. The third-order valence-corrected chi connectivity index (χ3v) is 0.604. The maximum absolute atomic E-state index is 9.40. The van der Waals surface area contributed by atoms with Crippen molar-refractivity contribution in [2.24, 2.45) is 0 Å². The lowest BCUT2D eigenvalue weighted by molar-refractivity contribution is 0.229. The summed E-state index contributed by atoms with van der Waals surface area (Å²) in [6, 6.07) is 0. The standard InChI is InChI=1S/CH3BO2Si/c2-1(3)4-5/h5H3. The van der Waals surface area contributed by atoms with Crippen molar-refractivity contribution in [1.29, 1.82) is 0 Å². The molecule has 0 atom stereocenters. The smallest absolute Gasteiger partial charge is 0.228 e. The van der Waals surface area contributed by atoms with Crippen LogP contribution in [-0.4, -0.2) is 24.2 Å². The van der Waals surface area contributed by atoms with Gasteiger partial charge in [0.25, 0.3) is 0 Å². The molecule has 0 saturated carbocycles. The van der Waals surface area contributed by atoms with Crippen molar-refractivity contribution in [2.75, 3.05) is 0 Å². The van der Waals surface area contributed by atoms with Gasteiger partial charge in [0.2, 0.25) is 24.2 Å². The largest absolute Gasteiger partial charge is 0.537 e. The monoisotopic (exact) mass is 86.0 g/mol. The second kappa shape index (κ2) is 2.02. The van der Waals surface area contributed by atoms with Gasteiger partial charge in [0.05, 0.1) is 0 Å². The molecule has 0 aromatic carbocycles. The third-order valence-electron chi connectivity index (χ3n) is 0.201. The Kier molecular flexibility index (Phi) is 1.92. The zero-order chi connectivity index (χ0) is 4.28. The Labute approximate surface area is 34.5 Å². The number of carbonyl (C=O) groups excluding carboxylic acids is 1. The molecular weight excluding hydrogens is 82.9 g/mol. The molecule has 0 fully saturated rings. The predicted octanol–water partition coefficient (Wildman–Crippen LogP) is -1.43. The van der Waals surface area contributed by atoms with Crippen LogP contribution in [0.4, 0.5) is 4.79 Å². The van der Waals surface area contributed by atoms with E-state index in [1.54, 1.807) is 0 Å². The van der Waals surface area contributed by atoms with Gasteiger partial charge in [0, 0.05) is 0 Å². The Morgan fingerprint density at radius 3 is 2.20 bits per heavy atom. The van der Waals surface area contributed by atoms with E-state index in [1.165, 1.54) is 0 Å². The SMILES string of the molecule is [B]C(=O)O[SiH3]. The van der Waals surface area contributed by atoms with Crippen molar-refractivity contribution in [1.82, 2.24) is 0 Å². The summed E-state index contributed by atoms with van der Waals surface area (Å²) in [6.45, 7) is 0. The van der Waals surface area contributed by atoms with Crippen molar-refractivity contribution in [2.45, 2.75) is 0 Å². The van der Waals surface area contributed by atoms with E-state index in [0.717, 1.165) is 0 Å². The Hall–Kier alpha value is -0.248. The van der Waals surface area contributed by atoms with Gasteiger partial charge < -0.3 is 4.43 Å². The summed E-state index contributed by atoms with van der Waals surface area (Å²) in [7, 11) is 4.86. The van der Waals surface area contributed by atoms with Gasteiger partial charge in [-0.2, -0.15) is 0 Å². The molecule has 0 aromatic rings. The van der Waals surface area contributed by atoms with Crippen molar-refractivity contribution < 1.29 is 9.22 Å². The van der Waals surface area contributed by atoms with Crippen LogP contribution in [0, 0.1) is 0 Å². The van der Waals surface area contributed by atoms with E-state index in [2.05, 4.69) is 12.3 Å². The Morgan fingerprint density at radius 2 is 2.20 bits per heavy atom. The molecule has 0 saturated heterocycles. The molecule has 0 spiro atoms. The molecule has 2 nitrogen and oxygen atoms in total. The fourth-order valence-corrected chi connectivity index (χ4v) is 0. The number of hydrogen-bond donors (Lipinski definition) is 0. The summed E-state index contributed by atoms with van der Waals surface area (Å²) in [6.07, 6.45) is 0. The lowest BCUT2D eigenvalue weighted by Crippen LogP contribution is -1.94. The first kappa shape index (κ1) is 4.75. The van der Waals surface area contributed by atoms with Gasteiger partial charge in [-0.3, -0.25) is 4.79 Å². The van der Waals surface area contributed by atoms with Crippen LogP contribution in [0.2, 0.25) is 0 Å². The lowest BCUT2D eigenvalue weighted by atomic mass is 10.2. The summed E-state index contributed by atoms with van der Waals surface area (Å²) in [4.78, 5) is 9.40. The van der Waals surface area contributed by atoms with E-state index in [1.807, 2.05) is 0 Å². The topological polar surface area (TPSA) is 26.3 Å². The van der Waals surface area contributed by atoms with Crippen molar-refractivity contribution in [3.63, 3.8) is 0 Å². The molecule has 0 amide bonds. The molecule has 0 rings (SSSR count). The summed E-state index contributed by atoms with van der Waals surface area (Å²) >= 11 is 0. The van der Waals surface area contributed by atoms with Crippen LogP contribution < -0.4 is 0 Å². The minimum Gasteiger partial charge on any atom is -0.537 e. The van der Waals surface area contributed by atoms with Gasteiger partial charge in [0.15, 0.2) is 0 Å². The quantitative estimate of drug-likeness (QED) is 0.338. The van der Waals surface area contributed by atoms with Crippen LogP contribution in [0.5, 0.6) is 0 Å². The maximum atomic E-state index is 9.40. The van der Waals surface area contributed by atoms with Crippen LogP contribution in [0.3, 0.4) is 0 Å². The summed E-state index contributed by atoms with van der Waals surface area (Å²) in [5.41, 5.74) is 0. The van der Waals surface area contributed by atoms with E-state index < -0.39 is 5.87 Å². The highest BCUT2D eigenvalue weighted by Gasteiger charge is 1.75. The first-order chi connectivity index (χ1) is 2.27. The van der Waals surface area contributed by atoms with Crippen molar-refractivity contribution in [3.05, 3.63) is 0 Å². The Morgan fingerprint density at radius 1 is 2.00 bits per heavy atom. The zero-order valence-electron chi connectivity index (χ0n) is 2.89. The molecule has 0 unspecified atom stereocenters. The highest BCUT2D eigenvalue weighted by atomic mass is 28.2. The van der Waals surface area contributed by atoms with Gasteiger partial charge in [0.1, 0.15) is 0 Å². The highest BCUT2D eigenvalue weighted by molar-refractivity contribution is 6.56. The molecule has 0 N–H and O–H groups in total. The molecule has 0 aliphatic heterocycles. The molecule has 0 bridgehead atoms. The Balaban J connectivity index is 2.85. The van der Waals surface area contributed by atoms with Crippen molar-refractivity contribution >= 4 is 24.2 Å². The molecule has 0 aliphatic rings. The van der Waals surface area contributed by atoms with E-state index >= 15 is 0 Å². The molecule has 2 radical (unpaired) electrons. The van der Waals surface area contributed by atoms with Gasteiger partial charge in [-0.05, 0) is 0 Å². The third kappa shape index (κ3) is 3.75. The van der Waals surface area contributed by atoms with Crippen LogP contribution in [0.1, 0.15) is 0 Å². The average molecular weight is 85.9 g/mol. The zero-order valence-corrected chi connectivity index (χ0v) is 4.89. The fourth-order valence-electron chi connectivity index (χ4n) is 0. The van der Waals surface area contributed by atoms with E-state index in [4.69, 9.17) is 0 Å². The lowest BCUT2D eigenvalue weighted by Gasteiger charge is -1.83. The van der Waals surface area contributed by atoms with Gasteiger partial charge in [-0.1, -0.05) is 0 Å². The first-order valence-corrected chi connectivity index (χ1v) is 1.92. The molecule has 0 heterocycles. The molecule has 4 heteroatoms. The van der Waals surface area contributed by atoms with E-state index in [9.17, 15) is 4.79 Å². The van der Waals surface area contributed by atoms with E-state index in [0.29, 0.717) is 10.5 Å². The average Bonchev–Trinajstić information content (AvgIpc) is 1.38. The van der Waals surface area contributed by atoms with Crippen molar-refractivity contribution in [3.8, 4) is 0 Å². The predicted molar refractivity (Wildman–Crippen MR) is 22.2 cm³/mol. The summed E-state index contributed by atoms with van der Waals surface area (Å²) in [5.74, 6) is -0.684. The van der Waals surface area contributed by atoms with Gasteiger partial charge >= 0.3 is 0 Å². The highest BCUT2D eigenvalue weighted by Crippen LogP contribution is 1.58. The van der Waals surface area contributed by atoms with Crippen LogP contribution in [0.15, 0.2) is 0 Å². The normalized spacial score (nSPS) is 7.20. The molecule has 0 aliphatic carbocycles. The molecule has 0 aromatic heterocycles.